The van der Waals surface area contributed by atoms with Gasteiger partial charge >= 0.3 is 0 Å². The van der Waals surface area contributed by atoms with Crippen molar-refractivity contribution in [2.24, 2.45) is 0 Å². The van der Waals surface area contributed by atoms with Crippen molar-refractivity contribution in [3.05, 3.63) is 34.9 Å². The number of fused-ring (bicyclic) bond motifs is 1. The lowest BCUT2D eigenvalue weighted by Crippen LogP contribution is -2.56. The summed E-state index contributed by atoms with van der Waals surface area (Å²) in [5.74, 6) is -0.738. The molecule has 5 nitrogen and oxygen atoms in total. The predicted octanol–water partition coefficient (Wildman–Crippen LogP) is 3.27. The minimum Gasteiger partial charge on any atom is -0.371 e. The van der Waals surface area contributed by atoms with E-state index in [2.05, 4.69) is 29.3 Å². The fourth-order valence-electron chi connectivity index (χ4n) is 3.58. The maximum absolute atomic E-state index is 12.9. The summed E-state index contributed by atoms with van der Waals surface area (Å²) in [7, 11) is 0. The molecule has 0 spiro atoms. The highest BCUT2D eigenvalue weighted by molar-refractivity contribution is 7.80. The highest BCUT2D eigenvalue weighted by Gasteiger charge is 2.35. The van der Waals surface area contributed by atoms with E-state index in [0.717, 1.165) is 31.5 Å². The zero-order valence-corrected chi connectivity index (χ0v) is 17.1. The Morgan fingerprint density at radius 3 is 2.78 bits per heavy atom. The van der Waals surface area contributed by atoms with E-state index in [4.69, 9.17) is 12.2 Å². The van der Waals surface area contributed by atoms with Gasteiger partial charge in [0.2, 0.25) is 0 Å². The third-order valence-electron chi connectivity index (χ3n) is 5.35. The van der Waals surface area contributed by atoms with Crippen LogP contribution in [0.3, 0.4) is 0 Å². The SMILES string of the molecule is CCCCN1CCc2cc(C=C3C(=O)NC(=S)N(C(C)CC)C3=O)ccc21. The molecule has 2 aliphatic rings. The van der Waals surface area contributed by atoms with E-state index in [1.807, 2.05) is 19.9 Å². The van der Waals surface area contributed by atoms with Crippen molar-refractivity contribution >= 4 is 40.9 Å². The van der Waals surface area contributed by atoms with Crippen molar-refractivity contribution < 1.29 is 9.59 Å². The summed E-state index contributed by atoms with van der Waals surface area (Å²) < 4.78 is 0. The average molecular weight is 386 g/mol. The average Bonchev–Trinajstić information content (AvgIpc) is 3.05. The number of benzene rings is 1. The number of rotatable bonds is 6. The lowest BCUT2D eigenvalue weighted by atomic mass is 10.0. The molecule has 0 radical (unpaired) electrons. The van der Waals surface area contributed by atoms with Gasteiger partial charge in [0.25, 0.3) is 11.8 Å². The van der Waals surface area contributed by atoms with Crippen LogP contribution in [0.5, 0.6) is 0 Å². The minimum absolute atomic E-state index is 0.0545. The molecule has 1 unspecified atom stereocenters. The van der Waals surface area contributed by atoms with Crippen molar-refractivity contribution in [2.75, 3.05) is 18.0 Å². The van der Waals surface area contributed by atoms with Gasteiger partial charge in [-0.25, -0.2) is 0 Å². The van der Waals surface area contributed by atoms with E-state index in [9.17, 15) is 9.59 Å². The predicted molar refractivity (Wildman–Crippen MR) is 113 cm³/mol. The summed E-state index contributed by atoms with van der Waals surface area (Å²) in [6, 6.07) is 6.13. The van der Waals surface area contributed by atoms with Gasteiger partial charge in [0.1, 0.15) is 5.57 Å². The molecule has 0 saturated carbocycles. The number of nitrogens with zero attached hydrogens (tertiary/aromatic N) is 2. The van der Waals surface area contributed by atoms with Gasteiger partial charge in [-0.05, 0) is 67.7 Å². The first-order chi connectivity index (χ1) is 13.0. The van der Waals surface area contributed by atoms with E-state index in [0.29, 0.717) is 0 Å². The van der Waals surface area contributed by atoms with Crippen LogP contribution in [0.4, 0.5) is 5.69 Å². The Labute approximate surface area is 166 Å². The zero-order chi connectivity index (χ0) is 19.6. The molecule has 1 atom stereocenters. The number of thiocarbonyl (C=S) groups is 1. The number of anilines is 1. The molecule has 2 aliphatic heterocycles. The van der Waals surface area contributed by atoms with Crippen LogP contribution < -0.4 is 10.2 Å². The Balaban J connectivity index is 1.86. The Morgan fingerprint density at radius 1 is 1.30 bits per heavy atom. The van der Waals surface area contributed by atoms with E-state index < -0.39 is 5.91 Å². The molecule has 2 heterocycles. The summed E-state index contributed by atoms with van der Waals surface area (Å²) in [4.78, 5) is 29.1. The normalized spacial score (nSPS) is 19.5. The van der Waals surface area contributed by atoms with Gasteiger partial charge in [-0.15, -0.1) is 0 Å². The molecule has 6 heteroatoms. The second-order valence-corrected chi connectivity index (χ2v) is 7.62. The summed E-state index contributed by atoms with van der Waals surface area (Å²) >= 11 is 5.19. The molecule has 0 aliphatic carbocycles. The molecule has 1 saturated heterocycles. The molecular formula is C21H27N3O2S. The molecule has 0 aromatic heterocycles. The van der Waals surface area contributed by atoms with Crippen molar-refractivity contribution in [2.45, 2.75) is 52.5 Å². The number of hydrogen-bond acceptors (Lipinski definition) is 4. The van der Waals surface area contributed by atoms with Crippen LogP contribution in [0.15, 0.2) is 23.8 Å². The van der Waals surface area contributed by atoms with Crippen molar-refractivity contribution in [3.8, 4) is 0 Å². The number of hydrogen-bond donors (Lipinski definition) is 1. The van der Waals surface area contributed by atoms with Gasteiger partial charge < -0.3 is 4.90 Å². The maximum Gasteiger partial charge on any atom is 0.265 e. The van der Waals surface area contributed by atoms with E-state index in [1.165, 1.54) is 29.0 Å². The number of unbranched alkanes of at least 4 members (excludes halogenated alkanes) is 1. The first kappa shape index (κ1) is 19.5. The summed E-state index contributed by atoms with van der Waals surface area (Å²) in [6.07, 6.45) is 5.82. The second-order valence-electron chi connectivity index (χ2n) is 7.23. The van der Waals surface area contributed by atoms with Gasteiger partial charge in [-0.3, -0.25) is 19.8 Å². The largest absolute Gasteiger partial charge is 0.371 e. The van der Waals surface area contributed by atoms with Gasteiger partial charge in [-0.1, -0.05) is 26.3 Å². The minimum atomic E-state index is -0.422. The summed E-state index contributed by atoms with van der Waals surface area (Å²) in [5, 5.41) is 2.84. The Bertz CT molecular complexity index is 803. The Morgan fingerprint density at radius 2 is 2.07 bits per heavy atom. The highest BCUT2D eigenvalue weighted by Crippen LogP contribution is 2.30. The first-order valence-corrected chi connectivity index (χ1v) is 10.2. The fraction of sp³-hybridized carbons (Fsp3) is 0.476. The standard InChI is InChI=1S/C21H27N3O2S/c1-4-6-10-23-11-9-16-12-15(7-8-18(16)23)13-17-19(25)22-21(27)24(20(17)26)14(3)5-2/h7-8,12-14H,4-6,9-11H2,1-3H3,(H,22,25,27). The molecule has 2 amide bonds. The monoisotopic (exact) mass is 385 g/mol. The first-order valence-electron chi connectivity index (χ1n) is 9.74. The van der Waals surface area contributed by atoms with Crippen molar-refractivity contribution in [1.29, 1.82) is 0 Å². The fourth-order valence-corrected chi connectivity index (χ4v) is 3.94. The Kier molecular flexibility index (Phi) is 5.95. The smallest absolute Gasteiger partial charge is 0.265 e. The third-order valence-corrected chi connectivity index (χ3v) is 5.65. The molecule has 1 fully saturated rings. The molecule has 1 aromatic rings. The topological polar surface area (TPSA) is 52.7 Å². The van der Waals surface area contributed by atoms with Crippen LogP contribution in [-0.2, 0) is 16.0 Å². The van der Waals surface area contributed by atoms with Crippen molar-refractivity contribution in [1.82, 2.24) is 10.2 Å². The number of carbonyl (C=O) groups excluding carboxylic acids is 2. The van der Waals surface area contributed by atoms with Crippen LogP contribution in [0.2, 0.25) is 0 Å². The summed E-state index contributed by atoms with van der Waals surface area (Å²) in [6.45, 7) is 8.23. The molecule has 3 rings (SSSR count). The Hall–Kier alpha value is -2.21. The van der Waals surface area contributed by atoms with E-state index in [-0.39, 0.29) is 22.6 Å². The van der Waals surface area contributed by atoms with Crippen LogP contribution in [0.1, 0.15) is 51.2 Å². The van der Waals surface area contributed by atoms with Crippen LogP contribution in [0.25, 0.3) is 6.08 Å². The quantitative estimate of drug-likeness (QED) is 0.464. The molecule has 144 valence electrons. The molecule has 1 aromatic carbocycles. The molecule has 1 N–H and O–H groups in total. The van der Waals surface area contributed by atoms with E-state index in [1.54, 1.807) is 6.08 Å². The lowest BCUT2D eigenvalue weighted by molar-refractivity contribution is -0.130. The van der Waals surface area contributed by atoms with Gasteiger partial charge in [0, 0.05) is 24.8 Å². The second kappa shape index (κ2) is 8.21. The van der Waals surface area contributed by atoms with Gasteiger partial charge in [0.15, 0.2) is 5.11 Å². The van der Waals surface area contributed by atoms with Crippen LogP contribution >= 0.6 is 12.2 Å². The zero-order valence-electron chi connectivity index (χ0n) is 16.2. The molecule has 0 bridgehead atoms. The maximum atomic E-state index is 12.9. The van der Waals surface area contributed by atoms with E-state index >= 15 is 0 Å². The highest BCUT2D eigenvalue weighted by atomic mass is 32.1. The van der Waals surface area contributed by atoms with Gasteiger partial charge in [0.05, 0.1) is 0 Å². The summed E-state index contributed by atoms with van der Waals surface area (Å²) in [5.41, 5.74) is 3.57. The lowest BCUT2D eigenvalue weighted by Gasteiger charge is -2.33. The molecular weight excluding hydrogens is 358 g/mol. The van der Waals surface area contributed by atoms with Crippen molar-refractivity contribution in [3.63, 3.8) is 0 Å². The van der Waals surface area contributed by atoms with Crippen LogP contribution in [-0.4, -0.2) is 41.0 Å². The molecule has 27 heavy (non-hydrogen) atoms. The van der Waals surface area contributed by atoms with Crippen LogP contribution in [0, 0.1) is 0 Å². The third kappa shape index (κ3) is 3.90. The number of nitrogens with one attached hydrogen (secondary N) is 1. The van der Waals surface area contributed by atoms with Gasteiger partial charge in [-0.2, -0.15) is 0 Å². The number of carbonyl (C=O) groups is 2. The number of amides is 2.